The molecule has 1 heterocycles. The first-order chi connectivity index (χ1) is 11.5. The molecule has 8 nitrogen and oxygen atoms in total. The van der Waals surface area contributed by atoms with Gasteiger partial charge in [0.2, 0.25) is 15.9 Å². The maximum absolute atomic E-state index is 12.3. The van der Waals surface area contributed by atoms with Gasteiger partial charge in [-0.25, -0.2) is 17.9 Å². The molecule has 0 bridgehead atoms. The minimum Gasteiger partial charge on any atom is -0.465 e. The van der Waals surface area contributed by atoms with Crippen LogP contribution in [0.1, 0.15) is 33.6 Å². The molecule has 9 heteroatoms. The smallest absolute Gasteiger partial charge is 0.407 e. The van der Waals surface area contributed by atoms with Crippen molar-refractivity contribution in [2.45, 2.75) is 50.1 Å². The summed E-state index contributed by atoms with van der Waals surface area (Å²) in [6, 6.07) is 5.04. The fourth-order valence-corrected chi connectivity index (χ4v) is 4.09. The number of hydrogen-bond donors (Lipinski definition) is 3. The van der Waals surface area contributed by atoms with Gasteiger partial charge in [-0.05, 0) is 57.9 Å². The fraction of sp³-hybridized carbons (Fsp3) is 0.500. The lowest BCUT2D eigenvalue weighted by atomic mass is 10.1. The van der Waals surface area contributed by atoms with Crippen molar-refractivity contribution in [1.29, 1.82) is 0 Å². The number of carboxylic acid groups (broad SMARTS) is 1. The molecule has 1 aromatic rings. The van der Waals surface area contributed by atoms with Gasteiger partial charge in [-0.3, -0.25) is 9.69 Å². The average Bonchev–Trinajstić information content (AvgIpc) is 2.95. The highest BCUT2D eigenvalue weighted by molar-refractivity contribution is 7.89. The van der Waals surface area contributed by atoms with Gasteiger partial charge in [-0.1, -0.05) is 0 Å². The zero-order valence-corrected chi connectivity index (χ0v) is 15.3. The monoisotopic (exact) mass is 369 g/mol. The van der Waals surface area contributed by atoms with Crippen LogP contribution in [0.15, 0.2) is 29.2 Å². The third-order valence-electron chi connectivity index (χ3n) is 3.67. The Labute approximate surface area is 147 Å². The molecule has 2 rings (SSSR count). The number of rotatable bonds is 4. The van der Waals surface area contributed by atoms with Gasteiger partial charge < -0.3 is 10.4 Å². The van der Waals surface area contributed by atoms with E-state index >= 15 is 0 Å². The highest BCUT2D eigenvalue weighted by Crippen LogP contribution is 2.20. The van der Waals surface area contributed by atoms with Crippen molar-refractivity contribution in [3.8, 4) is 0 Å². The van der Waals surface area contributed by atoms with E-state index in [1.807, 2.05) is 0 Å². The molecule has 0 aliphatic carbocycles. The lowest BCUT2D eigenvalue weighted by Gasteiger charge is -2.21. The zero-order valence-electron chi connectivity index (χ0n) is 14.4. The standard InChI is InChI=1S/C16H23N3O5S/c1-16(2,3)18-25(23,24)12-8-6-11(7-9-12)17-14(20)13-5-4-10-19(13)15(21)22/h6-9,13,18H,4-5,10H2,1-3H3,(H,17,20)(H,21,22). The van der Waals surface area contributed by atoms with E-state index in [1.54, 1.807) is 20.8 Å². The van der Waals surface area contributed by atoms with E-state index in [1.165, 1.54) is 24.3 Å². The van der Waals surface area contributed by atoms with E-state index in [0.29, 0.717) is 25.1 Å². The number of hydrogen-bond acceptors (Lipinski definition) is 4. The van der Waals surface area contributed by atoms with Gasteiger partial charge in [-0.2, -0.15) is 0 Å². The molecule has 2 amide bonds. The second-order valence-electron chi connectivity index (χ2n) is 7.00. The van der Waals surface area contributed by atoms with Crippen LogP contribution in [0.2, 0.25) is 0 Å². The third-order valence-corrected chi connectivity index (χ3v) is 5.45. The fourth-order valence-electron chi connectivity index (χ4n) is 2.67. The molecule has 1 unspecified atom stereocenters. The van der Waals surface area contributed by atoms with E-state index < -0.39 is 33.6 Å². The molecule has 1 atom stereocenters. The van der Waals surface area contributed by atoms with E-state index in [9.17, 15) is 18.0 Å². The number of amides is 2. The maximum atomic E-state index is 12.3. The van der Waals surface area contributed by atoms with Crippen molar-refractivity contribution >= 4 is 27.7 Å². The van der Waals surface area contributed by atoms with Crippen LogP contribution >= 0.6 is 0 Å². The lowest BCUT2D eigenvalue weighted by Crippen LogP contribution is -2.42. The molecule has 25 heavy (non-hydrogen) atoms. The molecule has 1 saturated heterocycles. The number of carbonyl (C=O) groups is 2. The van der Waals surface area contributed by atoms with Crippen LogP contribution in [0.5, 0.6) is 0 Å². The van der Waals surface area contributed by atoms with E-state index in [0.717, 1.165) is 4.90 Å². The number of anilines is 1. The van der Waals surface area contributed by atoms with E-state index in [4.69, 9.17) is 5.11 Å². The minimum atomic E-state index is -3.65. The first kappa shape index (κ1) is 19.2. The van der Waals surface area contributed by atoms with Crippen LogP contribution in [0.3, 0.4) is 0 Å². The number of sulfonamides is 1. The van der Waals surface area contributed by atoms with E-state index in [-0.39, 0.29) is 4.90 Å². The van der Waals surface area contributed by atoms with Crippen LogP contribution in [-0.4, -0.2) is 48.6 Å². The van der Waals surface area contributed by atoms with E-state index in [2.05, 4.69) is 10.0 Å². The Bertz CT molecular complexity index is 753. The molecule has 138 valence electrons. The molecule has 1 aliphatic heterocycles. The van der Waals surface area contributed by atoms with Gasteiger partial charge in [-0.15, -0.1) is 0 Å². The molecule has 1 aliphatic rings. The Morgan fingerprint density at radius 2 is 1.80 bits per heavy atom. The van der Waals surface area contributed by atoms with Crippen molar-refractivity contribution in [2.24, 2.45) is 0 Å². The molecule has 0 aromatic heterocycles. The largest absolute Gasteiger partial charge is 0.465 e. The zero-order chi connectivity index (χ0) is 18.8. The average molecular weight is 369 g/mol. The number of nitrogens with one attached hydrogen (secondary N) is 2. The highest BCUT2D eigenvalue weighted by atomic mass is 32.2. The Hall–Kier alpha value is -2.13. The first-order valence-corrected chi connectivity index (χ1v) is 9.42. The summed E-state index contributed by atoms with van der Waals surface area (Å²) in [6.45, 7) is 5.57. The second-order valence-corrected chi connectivity index (χ2v) is 8.69. The minimum absolute atomic E-state index is 0.0912. The van der Waals surface area contributed by atoms with Crippen molar-refractivity contribution in [2.75, 3.05) is 11.9 Å². The Balaban J connectivity index is 2.08. The van der Waals surface area contributed by atoms with Crippen LogP contribution < -0.4 is 10.0 Å². The summed E-state index contributed by atoms with van der Waals surface area (Å²) < 4.78 is 27.0. The predicted molar refractivity (Wildman–Crippen MR) is 92.9 cm³/mol. The third kappa shape index (κ3) is 4.93. The van der Waals surface area contributed by atoms with Gasteiger partial charge in [0, 0.05) is 17.8 Å². The van der Waals surface area contributed by atoms with Gasteiger partial charge in [0.15, 0.2) is 0 Å². The summed E-state index contributed by atoms with van der Waals surface area (Å²) in [7, 11) is -3.65. The molecule has 1 aromatic carbocycles. The number of benzene rings is 1. The first-order valence-electron chi connectivity index (χ1n) is 7.94. The van der Waals surface area contributed by atoms with Crippen molar-refractivity contribution in [3.63, 3.8) is 0 Å². The Morgan fingerprint density at radius 3 is 2.32 bits per heavy atom. The topological polar surface area (TPSA) is 116 Å². The summed E-state index contributed by atoms with van der Waals surface area (Å²) in [5.41, 5.74) is -0.189. The molecule has 0 radical (unpaired) electrons. The van der Waals surface area contributed by atoms with Crippen LogP contribution in [-0.2, 0) is 14.8 Å². The van der Waals surface area contributed by atoms with Crippen LogP contribution in [0.25, 0.3) is 0 Å². The van der Waals surface area contributed by atoms with Gasteiger partial charge in [0.05, 0.1) is 4.90 Å². The molecule has 0 saturated carbocycles. The lowest BCUT2D eigenvalue weighted by molar-refractivity contribution is -0.119. The number of nitrogens with zero attached hydrogens (tertiary/aromatic N) is 1. The van der Waals surface area contributed by atoms with Crippen molar-refractivity contribution < 1.29 is 23.1 Å². The van der Waals surface area contributed by atoms with Gasteiger partial charge >= 0.3 is 6.09 Å². The quantitative estimate of drug-likeness (QED) is 0.749. The van der Waals surface area contributed by atoms with Gasteiger partial charge in [0.1, 0.15) is 6.04 Å². The maximum Gasteiger partial charge on any atom is 0.407 e. The second kappa shape index (κ2) is 7.01. The summed E-state index contributed by atoms with van der Waals surface area (Å²) in [5.74, 6) is -0.414. The normalized spacial score (nSPS) is 18.2. The summed E-state index contributed by atoms with van der Waals surface area (Å²) in [4.78, 5) is 24.6. The summed E-state index contributed by atoms with van der Waals surface area (Å²) >= 11 is 0. The Morgan fingerprint density at radius 1 is 1.20 bits per heavy atom. The number of carbonyl (C=O) groups excluding carboxylic acids is 1. The molecular formula is C16H23N3O5S. The number of likely N-dealkylation sites (tertiary alicyclic amines) is 1. The molecule has 3 N–H and O–H groups in total. The SMILES string of the molecule is CC(C)(C)NS(=O)(=O)c1ccc(NC(=O)C2CCCN2C(=O)O)cc1. The summed E-state index contributed by atoms with van der Waals surface area (Å²) in [6.07, 6.45) is -0.00695. The van der Waals surface area contributed by atoms with Crippen LogP contribution in [0, 0.1) is 0 Å². The van der Waals surface area contributed by atoms with Crippen molar-refractivity contribution in [3.05, 3.63) is 24.3 Å². The summed E-state index contributed by atoms with van der Waals surface area (Å²) in [5, 5.41) is 11.7. The van der Waals surface area contributed by atoms with Crippen LogP contribution in [0.4, 0.5) is 10.5 Å². The molecule has 0 spiro atoms. The van der Waals surface area contributed by atoms with Crippen molar-refractivity contribution in [1.82, 2.24) is 9.62 Å². The highest BCUT2D eigenvalue weighted by Gasteiger charge is 2.34. The molecule has 1 fully saturated rings. The Kier molecular flexibility index (Phi) is 5.38. The predicted octanol–water partition coefficient (Wildman–Crippen LogP) is 1.84. The molecular weight excluding hydrogens is 346 g/mol. The van der Waals surface area contributed by atoms with Gasteiger partial charge in [0.25, 0.3) is 0 Å².